The number of hydrogen-bond donors (Lipinski definition) is 6. The first-order valence-electron chi connectivity index (χ1n) is 8.39. The molecule has 4 unspecified atom stereocenters. The summed E-state index contributed by atoms with van der Waals surface area (Å²) in [5, 5.41) is 42.8. The fourth-order valence-corrected chi connectivity index (χ4v) is 3.34. The molecule has 2 aliphatic rings. The molecule has 2 rings (SSSR count). The Balaban J connectivity index is 2.16. The van der Waals surface area contributed by atoms with Gasteiger partial charge in [-0.15, -0.1) is 0 Å². The van der Waals surface area contributed by atoms with Gasteiger partial charge in [-0.2, -0.15) is 0 Å². The van der Waals surface area contributed by atoms with Crippen molar-refractivity contribution in [2.45, 2.75) is 62.1 Å². The maximum Gasteiger partial charge on any atom is 0.176 e. The maximum atomic E-state index is 10.5. The van der Waals surface area contributed by atoms with E-state index in [-0.39, 0.29) is 12.5 Å². The van der Waals surface area contributed by atoms with E-state index in [1.54, 1.807) is 14.0 Å². The van der Waals surface area contributed by atoms with Crippen LogP contribution in [0.15, 0.2) is 0 Å². The van der Waals surface area contributed by atoms with Crippen LogP contribution >= 0.6 is 0 Å². The van der Waals surface area contributed by atoms with E-state index in [0.717, 1.165) is 0 Å². The highest BCUT2D eigenvalue weighted by Gasteiger charge is 2.49. The summed E-state index contributed by atoms with van der Waals surface area (Å²) in [6.45, 7) is 1.06. The van der Waals surface area contributed by atoms with Gasteiger partial charge in [-0.1, -0.05) is 6.92 Å². The summed E-state index contributed by atoms with van der Waals surface area (Å²) >= 11 is 0. The monoisotopic (exact) mass is 366 g/mol. The van der Waals surface area contributed by atoms with Gasteiger partial charge in [0.2, 0.25) is 0 Å². The van der Waals surface area contributed by atoms with Crippen LogP contribution in [0.5, 0.6) is 0 Å². The molecule has 2 saturated heterocycles. The van der Waals surface area contributed by atoms with E-state index in [2.05, 4.69) is 5.32 Å². The lowest BCUT2D eigenvalue weighted by molar-refractivity contribution is -0.323. The van der Waals surface area contributed by atoms with Gasteiger partial charge < -0.3 is 50.4 Å². The molecule has 10 heteroatoms. The molecule has 0 spiro atoms. The maximum absolute atomic E-state index is 10.5. The van der Waals surface area contributed by atoms with Crippen LogP contribution in [0.4, 0.5) is 0 Å². The Kier molecular flexibility index (Phi) is 7.52. The van der Waals surface area contributed by atoms with Gasteiger partial charge >= 0.3 is 0 Å². The number of nitrogens with two attached hydrogens (primary N) is 1. The zero-order valence-electron chi connectivity index (χ0n) is 14.7. The Morgan fingerprint density at radius 3 is 2.16 bits per heavy atom. The molecular formula is C15H30N2O8. The minimum Gasteiger partial charge on any atom is -0.394 e. The van der Waals surface area contributed by atoms with Crippen LogP contribution in [0.2, 0.25) is 0 Å². The molecule has 2 aliphatic heterocycles. The van der Waals surface area contributed by atoms with Crippen molar-refractivity contribution in [1.29, 1.82) is 0 Å². The third-order valence-corrected chi connectivity index (χ3v) is 5.03. The van der Waals surface area contributed by atoms with Gasteiger partial charge in [0.1, 0.15) is 18.3 Å². The fourth-order valence-electron chi connectivity index (χ4n) is 3.34. The molecule has 0 aromatic rings. The lowest BCUT2D eigenvalue weighted by atomic mass is 9.89. The number of ether oxygens (including phenoxy) is 4. The van der Waals surface area contributed by atoms with Crippen molar-refractivity contribution < 1.29 is 39.4 Å². The largest absolute Gasteiger partial charge is 0.394 e. The van der Waals surface area contributed by atoms with Crippen LogP contribution in [-0.2, 0) is 18.9 Å². The smallest absolute Gasteiger partial charge is 0.176 e. The number of methoxy groups -OCH3 is 1. The molecule has 2 heterocycles. The van der Waals surface area contributed by atoms with E-state index in [1.165, 1.54) is 7.11 Å². The summed E-state index contributed by atoms with van der Waals surface area (Å²) in [7, 11) is 3.03. The van der Waals surface area contributed by atoms with Crippen LogP contribution in [0.3, 0.4) is 0 Å². The average molecular weight is 366 g/mol. The highest BCUT2D eigenvalue weighted by atomic mass is 16.7. The van der Waals surface area contributed by atoms with E-state index in [9.17, 15) is 20.4 Å². The van der Waals surface area contributed by atoms with Gasteiger partial charge in [0.25, 0.3) is 0 Å². The molecule has 0 amide bonds. The summed E-state index contributed by atoms with van der Waals surface area (Å²) in [5.41, 5.74) is 5.91. The quantitative estimate of drug-likeness (QED) is 0.282. The molecule has 0 aromatic heterocycles. The van der Waals surface area contributed by atoms with E-state index in [0.29, 0.717) is 0 Å². The minimum absolute atomic E-state index is 0.285. The van der Waals surface area contributed by atoms with Crippen molar-refractivity contribution >= 4 is 0 Å². The third-order valence-electron chi connectivity index (χ3n) is 5.03. The Labute approximate surface area is 146 Å². The molecule has 10 nitrogen and oxygen atoms in total. The first-order valence-corrected chi connectivity index (χ1v) is 8.39. The van der Waals surface area contributed by atoms with Crippen molar-refractivity contribution in [3.05, 3.63) is 0 Å². The molecule has 148 valence electrons. The molecule has 25 heavy (non-hydrogen) atoms. The van der Waals surface area contributed by atoms with Gasteiger partial charge in [0, 0.05) is 13.0 Å². The van der Waals surface area contributed by atoms with Crippen molar-refractivity contribution in [3.63, 3.8) is 0 Å². The second kappa shape index (κ2) is 9.00. The standard InChI is InChI=1S/C15H30N2O8/c1-6-7(4-18)23-15(10(17-2)11(6)20)25-13-8(5-19)24-14(22-3)9(16)12(13)21/h6-15,17-21H,4-5,16H2,1-3H3/t6-,7?,8+,9?,10?,11-,12?,13+,14-,15-/m0/s1. The summed E-state index contributed by atoms with van der Waals surface area (Å²) in [6.07, 6.45) is -6.37. The lowest BCUT2D eigenvalue weighted by Gasteiger charge is -2.47. The van der Waals surface area contributed by atoms with Gasteiger partial charge in [0.05, 0.1) is 37.5 Å². The van der Waals surface area contributed by atoms with Gasteiger partial charge in [-0.05, 0) is 7.05 Å². The first-order chi connectivity index (χ1) is 11.9. The zero-order valence-corrected chi connectivity index (χ0v) is 14.7. The summed E-state index contributed by atoms with van der Waals surface area (Å²) < 4.78 is 22.2. The second-order valence-electron chi connectivity index (χ2n) is 6.52. The van der Waals surface area contributed by atoms with Crippen LogP contribution in [-0.4, -0.2) is 103 Å². The zero-order chi connectivity index (χ0) is 18.7. The van der Waals surface area contributed by atoms with Crippen molar-refractivity contribution in [2.24, 2.45) is 11.7 Å². The number of hydrogen-bond acceptors (Lipinski definition) is 10. The highest BCUT2D eigenvalue weighted by molar-refractivity contribution is 4.96. The van der Waals surface area contributed by atoms with E-state index in [1.807, 2.05) is 0 Å². The van der Waals surface area contributed by atoms with E-state index < -0.39 is 61.8 Å². The number of likely N-dealkylation sites (N-methyl/N-ethyl adjacent to an activating group) is 1. The second-order valence-corrected chi connectivity index (χ2v) is 6.52. The molecule has 0 aromatic carbocycles. The van der Waals surface area contributed by atoms with Crippen LogP contribution in [0.25, 0.3) is 0 Å². The predicted octanol–water partition coefficient (Wildman–Crippen LogP) is -3.27. The third kappa shape index (κ3) is 4.14. The van der Waals surface area contributed by atoms with Crippen LogP contribution in [0.1, 0.15) is 6.92 Å². The van der Waals surface area contributed by atoms with Gasteiger partial charge in [-0.25, -0.2) is 0 Å². The topological polar surface area (TPSA) is 156 Å². The molecule has 0 radical (unpaired) electrons. The van der Waals surface area contributed by atoms with Crippen molar-refractivity contribution in [1.82, 2.24) is 5.32 Å². The van der Waals surface area contributed by atoms with Crippen LogP contribution < -0.4 is 11.1 Å². The summed E-state index contributed by atoms with van der Waals surface area (Å²) in [6, 6.07) is -1.48. The fraction of sp³-hybridized carbons (Fsp3) is 1.00. The number of aliphatic hydroxyl groups is 4. The Bertz CT molecular complexity index is 415. The van der Waals surface area contributed by atoms with Crippen LogP contribution in [0, 0.1) is 5.92 Å². The number of nitrogens with one attached hydrogen (secondary N) is 1. The summed E-state index contributed by atoms with van der Waals surface area (Å²) in [4.78, 5) is 0. The summed E-state index contributed by atoms with van der Waals surface area (Å²) in [5.74, 6) is -0.316. The van der Waals surface area contributed by atoms with E-state index in [4.69, 9.17) is 24.7 Å². The molecular weight excluding hydrogens is 336 g/mol. The number of rotatable bonds is 6. The first kappa shape index (κ1) is 20.9. The molecule has 2 fully saturated rings. The Morgan fingerprint density at radius 1 is 1.04 bits per heavy atom. The Morgan fingerprint density at radius 2 is 1.64 bits per heavy atom. The van der Waals surface area contributed by atoms with Crippen molar-refractivity contribution in [3.8, 4) is 0 Å². The molecule has 0 saturated carbocycles. The molecule has 0 aliphatic carbocycles. The molecule has 7 N–H and O–H groups in total. The Hall–Kier alpha value is -0.400. The lowest BCUT2D eigenvalue weighted by Crippen LogP contribution is -2.66. The van der Waals surface area contributed by atoms with E-state index >= 15 is 0 Å². The number of aliphatic hydroxyl groups excluding tert-OH is 4. The van der Waals surface area contributed by atoms with Gasteiger partial charge in [0.15, 0.2) is 12.6 Å². The SMILES string of the molecule is CNC1[C@H](O[C@H]2C(O)C(N)[C@@H](OC)O[C@@H]2CO)OC(CO)[C@H](C)[C@@H]1O. The molecule has 10 atom stereocenters. The normalized spacial score (nSPS) is 48.5. The molecule has 0 bridgehead atoms. The van der Waals surface area contributed by atoms with Gasteiger partial charge in [-0.3, -0.25) is 0 Å². The highest BCUT2D eigenvalue weighted by Crippen LogP contribution is 2.30. The minimum atomic E-state index is -1.18. The predicted molar refractivity (Wildman–Crippen MR) is 85.4 cm³/mol. The van der Waals surface area contributed by atoms with Crippen molar-refractivity contribution in [2.75, 3.05) is 27.4 Å². The average Bonchev–Trinajstić information content (AvgIpc) is 2.62.